The third-order valence-corrected chi connectivity index (χ3v) is 10.5. The lowest BCUT2D eigenvalue weighted by Crippen LogP contribution is -2.48. The molecule has 3 aliphatic heterocycles. The van der Waals surface area contributed by atoms with E-state index in [9.17, 15) is 10.2 Å². The molecule has 0 aromatic carbocycles. The van der Waals surface area contributed by atoms with E-state index in [4.69, 9.17) is 20.2 Å². The van der Waals surface area contributed by atoms with Gasteiger partial charge in [-0.25, -0.2) is 4.98 Å². The first-order chi connectivity index (χ1) is 19.6. The summed E-state index contributed by atoms with van der Waals surface area (Å²) >= 11 is 0. The predicted octanol–water partition coefficient (Wildman–Crippen LogP) is 1.13. The van der Waals surface area contributed by atoms with Crippen LogP contribution in [0.5, 0.6) is 0 Å². The molecular formula is C29H50N8O4. The zero-order valence-corrected chi connectivity index (χ0v) is 25.0. The molecule has 1 saturated heterocycles. The number of imidazole rings is 1. The number of anilines is 1. The molecule has 7 N–H and O–H groups in total. The van der Waals surface area contributed by atoms with Gasteiger partial charge in [-0.3, -0.25) is 20.2 Å². The van der Waals surface area contributed by atoms with Crippen LogP contribution in [0.1, 0.15) is 76.9 Å². The average molecular weight is 575 g/mol. The lowest BCUT2D eigenvalue weighted by atomic mass is 9.70. The summed E-state index contributed by atoms with van der Waals surface area (Å²) in [6.07, 6.45) is 6.37. The minimum Gasteiger partial charge on any atom is -0.387 e. The number of aliphatic imine (C=N–C) groups is 1. The molecule has 2 aliphatic carbocycles. The summed E-state index contributed by atoms with van der Waals surface area (Å²) in [6.45, 7) is 6.51. The Morgan fingerprint density at radius 2 is 2.02 bits per heavy atom. The van der Waals surface area contributed by atoms with Crippen molar-refractivity contribution in [3.63, 3.8) is 0 Å². The molecule has 5 aliphatic rings. The van der Waals surface area contributed by atoms with Crippen molar-refractivity contribution in [2.24, 2.45) is 28.0 Å². The zero-order chi connectivity index (χ0) is 28.9. The molecule has 8 atom stereocenters. The van der Waals surface area contributed by atoms with Crippen LogP contribution in [0, 0.1) is 17.3 Å². The molecule has 230 valence electrons. The molecule has 12 heteroatoms. The van der Waals surface area contributed by atoms with Crippen LogP contribution in [-0.4, -0.2) is 101 Å². The number of aliphatic hydroxyl groups excluding tert-OH is 2. The smallest absolute Gasteiger partial charge is 0.165 e. The number of hydrogen-bond acceptors (Lipinski definition) is 11. The van der Waals surface area contributed by atoms with Crippen LogP contribution in [0.15, 0.2) is 11.3 Å². The Kier molecular flexibility index (Phi) is 8.47. The van der Waals surface area contributed by atoms with E-state index in [1.165, 1.54) is 25.0 Å². The van der Waals surface area contributed by atoms with Crippen molar-refractivity contribution >= 4 is 11.5 Å². The van der Waals surface area contributed by atoms with Crippen LogP contribution in [0.3, 0.4) is 0 Å². The highest BCUT2D eigenvalue weighted by Crippen LogP contribution is 2.41. The van der Waals surface area contributed by atoms with Gasteiger partial charge in [-0.15, -0.1) is 0 Å². The third-order valence-electron chi connectivity index (χ3n) is 10.5. The fourth-order valence-corrected chi connectivity index (χ4v) is 7.68. The molecule has 1 aromatic rings. The lowest BCUT2D eigenvalue weighted by molar-refractivity contribution is -0.0523. The fourth-order valence-electron chi connectivity index (χ4n) is 7.68. The molecule has 1 aromatic heterocycles. The number of nitrogens with zero attached hydrogens (tertiary/aromatic N) is 4. The Balaban J connectivity index is 0.948. The van der Waals surface area contributed by atoms with Gasteiger partial charge in [0, 0.05) is 31.4 Å². The molecule has 4 heterocycles. The normalized spacial score (nSPS) is 38.8. The number of likely N-dealkylation sites (N-methyl/N-ethyl adjacent to an activating group) is 1. The van der Waals surface area contributed by atoms with Gasteiger partial charge in [0.05, 0.1) is 25.8 Å². The summed E-state index contributed by atoms with van der Waals surface area (Å²) in [5, 5.41) is 31.7. The minimum absolute atomic E-state index is 0.188. The number of hydrogen-bond donors (Lipinski definition) is 6. The zero-order valence-electron chi connectivity index (χ0n) is 25.0. The van der Waals surface area contributed by atoms with E-state index in [1.54, 1.807) is 18.0 Å². The molecule has 0 spiro atoms. The highest BCUT2D eigenvalue weighted by Gasteiger charge is 2.46. The molecular weight excluding hydrogens is 524 g/mol. The van der Waals surface area contributed by atoms with Gasteiger partial charge < -0.3 is 35.6 Å². The van der Waals surface area contributed by atoms with Crippen LogP contribution < -0.4 is 21.7 Å². The first-order valence-corrected chi connectivity index (χ1v) is 15.5. The van der Waals surface area contributed by atoms with Crippen molar-refractivity contribution in [1.82, 2.24) is 25.1 Å². The van der Waals surface area contributed by atoms with E-state index in [2.05, 4.69) is 46.7 Å². The monoisotopic (exact) mass is 574 g/mol. The van der Waals surface area contributed by atoms with E-state index in [1.807, 2.05) is 0 Å². The van der Waals surface area contributed by atoms with E-state index in [-0.39, 0.29) is 17.7 Å². The van der Waals surface area contributed by atoms with Gasteiger partial charge in [-0.2, -0.15) is 0 Å². The van der Waals surface area contributed by atoms with Gasteiger partial charge in [0.2, 0.25) is 0 Å². The Hall–Kier alpha value is -1.64. The first-order valence-electron chi connectivity index (χ1n) is 15.5. The molecule has 0 bridgehead atoms. The highest BCUT2D eigenvalue weighted by atomic mass is 16.6. The molecule has 0 radical (unpaired) electrons. The van der Waals surface area contributed by atoms with Crippen LogP contribution >= 0.6 is 0 Å². The van der Waals surface area contributed by atoms with Crippen LogP contribution in [0.25, 0.3) is 0 Å². The Morgan fingerprint density at radius 3 is 2.80 bits per heavy atom. The number of nitrogens with two attached hydrogens (primary N) is 1. The number of fused-ring (bicyclic) bond motifs is 2. The number of aromatic nitrogens is 2. The second-order valence-corrected chi connectivity index (χ2v) is 13.7. The predicted molar refractivity (Wildman–Crippen MR) is 156 cm³/mol. The lowest BCUT2D eigenvalue weighted by Gasteiger charge is -2.42. The number of rotatable bonds is 10. The van der Waals surface area contributed by atoms with E-state index < -0.39 is 24.5 Å². The summed E-state index contributed by atoms with van der Waals surface area (Å²) in [5.41, 5.74) is 8.34. The molecule has 41 heavy (non-hydrogen) atoms. The fraction of sp³-hybridized carbons (Fsp3) is 0.862. The topological polar surface area (TPSA) is 154 Å². The van der Waals surface area contributed by atoms with Crippen molar-refractivity contribution in [3.05, 3.63) is 12.0 Å². The van der Waals surface area contributed by atoms with Crippen molar-refractivity contribution in [1.29, 1.82) is 0 Å². The summed E-state index contributed by atoms with van der Waals surface area (Å²) in [4.78, 5) is 11.8. The van der Waals surface area contributed by atoms with Crippen LogP contribution in [0.4, 0.5) is 5.82 Å². The Labute approximate surface area is 243 Å². The maximum absolute atomic E-state index is 10.8. The van der Waals surface area contributed by atoms with Crippen molar-refractivity contribution in [2.45, 2.75) is 108 Å². The van der Waals surface area contributed by atoms with Crippen LogP contribution in [-0.2, 0) is 9.47 Å². The van der Waals surface area contributed by atoms with Gasteiger partial charge in [0.15, 0.2) is 6.23 Å². The average Bonchev–Trinajstić information content (AvgIpc) is 3.60. The summed E-state index contributed by atoms with van der Waals surface area (Å²) in [6, 6.07) is 0.928. The van der Waals surface area contributed by atoms with E-state index >= 15 is 0 Å². The summed E-state index contributed by atoms with van der Waals surface area (Å²) < 4.78 is 13.4. The maximum atomic E-state index is 10.8. The first kappa shape index (κ1) is 29.4. The van der Waals surface area contributed by atoms with Crippen LogP contribution in [0.2, 0.25) is 0 Å². The summed E-state index contributed by atoms with van der Waals surface area (Å²) in [5.74, 6) is 2.06. The number of aliphatic hydroxyl groups is 2. The van der Waals surface area contributed by atoms with Gasteiger partial charge in [-0.1, -0.05) is 13.8 Å². The van der Waals surface area contributed by atoms with E-state index in [0.29, 0.717) is 42.8 Å². The summed E-state index contributed by atoms with van der Waals surface area (Å²) in [7, 11) is 3.90. The highest BCUT2D eigenvalue weighted by molar-refractivity contribution is 5.92. The van der Waals surface area contributed by atoms with Crippen molar-refractivity contribution < 1.29 is 19.7 Å². The third kappa shape index (κ3) is 5.82. The quantitative estimate of drug-likeness (QED) is 0.240. The molecule has 12 nitrogen and oxygen atoms in total. The maximum Gasteiger partial charge on any atom is 0.165 e. The largest absolute Gasteiger partial charge is 0.387 e. The van der Waals surface area contributed by atoms with E-state index in [0.717, 1.165) is 38.1 Å². The van der Waals surface area contributed by atoms with Crippen molar-refractivity contribution in [2.75, 3.05) is 39.3 Å². The standard InChI is InChI=1S/C29H50N8O4/c1-29(2,13-40-4)17-6-7-19-20(11-17)35-22(34-19)8-5-16-9-18(10-16)36(3)12-21-24(38)25(39)28(41-21)37-15-33-23-26(30)31-14-32-27(23)37/h15-19,21-22,24-26,28,31-32,34,38-39H,5-14,30H2,1-4H3/t16?,17?,18?,19?,21-,22?,24-,25-,26?,28-/m1/s1. The minimum atomic E-state index is -1.04. The number of methoxy groups -OCH3 is 1. The molecule has 3 fully saturated rings. The SMILES string of the molecule is COCC(C)(C)C1CCC2NC(CCC3CC(N(C)C[C@H]4O[C@@H](n5cnc6c5NCNC6N)[C@H](O)[C@@H]4O)C3)N=C2C1. The van der Waals surface area contributed by atoms with Gasteiger partial charge >= 0.3 is 0 Å². The molecule has 0 amide bonds. The van der Waals surface area contributed by atoms with Gasteiger partial charge in [-0.05, 0) is 69.2 Å². The van der Waals surface area contributed by atoms with Gasteiger partial charge in [0.25, 0.3) is 0 Å². The Bertz CT molecular complexity index is 1090. The molecule has 2 saturated carbocycles. The second-order valence-electron chi connectivity index (χ2n) is 13.7. The molecule has 6 rings (SSSR count). The molecule has 4 unspecified atom stereocenters. The number of ether oxygens (including phenoxy) is 2. The van der Waals surface area contributed by atoms with Crippen molar-refractivity contribution in [3.8, 4) is 0 Å². The van der Waals surface area contributed by atoms with Gasteiger partial charge in [0.1, 0.15) is 36.0 Å². The second kappa shape index (κ2) is 11.8. The Morgan fingerprint density at radius 1 is 1.22 bits per heavy atom. The number of nitrogens with one attached hydrogen (secondary N) is 3.